The maximum atomic E-state index is 12.3. The number of carbonyl (C=O) groups is 2. The van der Waals surface area contributed by atoms with Crippen LogP contribution < -0.4 is 0 Å². The van der Waals surface area contributed by atoms with Gasteiger partial charge in [0.2, 0.25) is 0 Å². The largest absolute Gasteiger partial charge is 0.480 e. The maximum Gasteiger partial charge on any atom is 0.323 e. The van der Waals surface area contributed by atoms with Crippen LogP contribution in [0.4, 0.5) is 0 Å². The lowest BCUT2D eigenvalue weighted by atomic mass is 10.1. The molecule has 0 fully saturated rings. The third kappa shape index (κ3) is 4.21. The van der Waals surface area contributed by atoms with Crippen molar-refractivity contribution in [3.63, 3.8) is 0 Å². The Labute approximate surface area is 125 Å². The fourth-order valence-electron chi connectivity index (χ4n) is 1.59. The quantitative estimate of drug-likeness (QED) is 0.887. The van der Waals surface area contributed by atoms with Gasteiger partial charge in [-0.15, -0.1) is 0 Å². The minimum atomic E-state index is -1.03. The summed E-state index contributed by atoms with van der Waals surface area (Å²) < 4.78 is 0.611. The molecule has 104 valence electrons. The number of amides is 1. The Hall–Kier alpha value is -1.07. The van der Waals surface area contributed by atoms with Gasteiger partial charge in [0.25, 0.3) is 5.91 Å². The van der Waals surface area contributed by atoms with Crippen molar-refractivity contribution in [2.75, 3.05) is 6.54 Å². The third-order valence-corrected chi connectivity index (χ3v) is 4.07. The molecule has 4 nitrogen and oxygen atoms in total. The van der Waals surface area contributed by atoms with Crippen LogP contribution in [-0.2, 0) is 4.79 Å². The Bertz CT molecular complexity index is 493. The molecule has 0 bridgehead atoms. The summed E-state index contributed by atoms with van der Waals surface area (Å²) in [6.45, 7) is 3.42. The number of carbonyl (C=O) groups excluding carboxylic acids is 1. The zero-order chi connectivity index (χ0) is 14.6. The Morgan fingerprint density at radius 3 is 2.58 bits per heavy atom. The Kier molecular flexibility index (Phi) is 5.82. The molecule has 0 spiro atoms. The number of benzene rings is 1. The van der Waals surface area contributed by atoms with Crippen LogP contribution >= 0.6 is 27.5 Å². The van der Waals surface area contributed by atoms with Crippen LogP contribution in [0.2, 0.25) is 5.02 Å². The normalized spacial score (nSPS) is 12.0. The van der Waals surface area contributed by atoms with Crippen LogP contribution in [0.3, 0.4) is 0 Å². The lowest BCUT2D eigenvalue weighted by molar-refractivity contribution is -0.138. The molecule has 0 saturated heterocycles. The van der Waals surface area contributed by atoms with Crippen molar-refractivity contribution in [2.24, 2.45) is 0 Å². The standard InChI is InChI=1S/C13H15BrClNO3/c1-3-8(2)16(7-12(17)18)13(19)9-4-5-11(15)10(14)6-9/h4-6,8H,3,7H2,1-2H3,(H,17,18). The Morgan fingerprint density at radius 1 is 1.47 bits per heavy atom. The monoisotopic (exact) mass is 347 g/mol. The Morgan fingerprint density at radius 2 is 2.11 bits per heavy atom. The maximum absolute atomic E-state index is 12.3. The van der Waals surface area contributed by atoms with E-state index in [1.807, 2.05) is 13.8 Å². The van der Waals surface area contributed by atoms with Crippen LogP contribution in [0.1, 0.15) is 30.6 Å². The highest BCUT2D eigenvalue weighted by Gasteiger charge is 2.23. The van der Waals surface area contributed by atoms with E-state index in [-0.39, 0.29) is 18.5 Å². The van der Waals surface area contributed by atoms with Gasteiger partial charge in [0.1, 0.15) is 6.54 Å². The molecular formula is C13H15BrClNO3. The highest BCUT2D eigenvalue weighted by Crippen LogP contribution is 2.24. The van der Waals surface area contributed by atoms with Crippen molar-refractivity contribution >= 4 is 39.4 Å². The number of carboxylic acids is 1. The number of hydrogen-bond donors (Lipinski definition) is 1. The van der Waals surface area contributed by atoms with E-state index in [2.05, 4.69) is 15.9 Å². The van der Waals surface area contributed by atoms with Gasteiger partial charge in [-0.1, -0.05) is 18.5 Å². The van der Waals surface area contributed by atoms with Gasteiger partial charge in [0.05, 0.1) is 5.02 Å². The molecule has 1 amide bonds. The molecule has 0 aliphatic heterocycles. The molecule has 1 atom stereocenters. The first-order chi connectivity index (χ1) is 8.86. The summed E-state index contributed by atoms with van der Waals surface area (Å²) in [6.07, 6.45) is 0.688. The number of hydrogen-bond acceptors (Lipinski definition) is 2. The van der Waals surface area contributed by atoms with E-state index in [1.54, 1.807) is 18.2 Å². The molecule has 6 heteroatoms. The minimum Gasteiger partial charge on any atom is -0.480 e. The second-order valence-electron chi connectivity index (χ2n) is 4.21. The van der Waals surface area contributed by atoms with Gasteiger partial charge in [-0.05, 0) is 47.5 Å². The van der Waals surface area contributed by atoms with E-state index < -0.39 is 5.97 Å². The molecule has 1 rings (SSSR count). The van der Waals surface area contributed by atoms with Gasteiger partial charge >= 0.3 is 5.97 Å². The van der Waals surface area contributed by atoms with Crippen molar-refractivity contribution in [3.8, 4) is 0 Å². The zero-order valence-corrected chi connectivity index (χ0v) is 13.0. The van der Waals surface area contributed by atoms with E-state index in [0.29, 0.717) is 21.5 Å². The molecule has 0 aromatic heterocycles. The summed E-state index contributed by atoms with van der Waals surface area (Å²) in [5, 5.41) is 9.40. The van der Waals surface area contributed by atoms with Crippen molar-refractivity contribution < 1.29 is 14.7 Å². The first kappa shape index (κ1) is 16.0. The van der Waals surface area contributed by atoms with Crippen LogP contribution in [-0.4, -0.2) is 34.5 Å². The van der Waals surface area contributed by atoms with Crippen molar-refractivity contribution in [3.05, 3.63) is 33.3 Å². The van der Waals surface area contributed by atoms with Crippen LogP contribution in [0.15, 0.2) is 22.7 Å². The van der Waals surface area contributed by atoms with E-state index >= 15 is 0 Å². The first-order valence-corrected chi connectivity index (χ1v) is 7.01. The van der Waals surface area contributed by atoms with Gasteiger partial charge in [-0.3, -0.25) is 9.59 Å². The first-order valence-electron chi connectivity index (χ1n) is 5.84. The lowest BCUT2D eigenvalue weighted by Crippen LogP contribution is -2.41. The van der Waals surface area contributed by atoms with E-state index in [9.17, 15) is 9.59 Å². The van der Waals surface area contributed by atoms with Gasteiger partial charge < -0.3 is 10.0 Å². The summed E-state index contributed by atoms with van der Waals surface area (Å²) in [4.78, 5) is 24.6. The number of rotatable bonds is 5. The SMILES string of the molecule is CCC(C)N(CC(=O)O)C(=O)c1ccc(Cl)c(Br)c1. The summed E-state index contributed by atoms with van der Waals surface area (Å²) >= 11 is 9.12. The highest BCUT2D eigenvalue weighted by atomic mass is 79.9. The second-order valence-corrected chi connectivity index (χ2v) is 5.47. The molecule has 0 radical (unpaired) electrons. The highest BCUT2D eigenvalue weighted by molar-refractivity contribution is 9.10. The molecule has 0 aliphatic rings. The predicted molar refractivity (Wildman–Crippen MR) is 77.6 cm³/mol. The van der Waals surface area contributed by atoms with E-state index in [1.165, 1.54) is 4.90 Å². The van der Waals surface area contributed by atoms with Gasteiger partial charge in [0.15, 0.2) is 0 Å². The average molecular weight is 349 g/mol. The van der Waals surface area contributed by atoms with Gasteiger partial charge in [-0.2, -0.15) is 0 Å². The molecular weight excluding hydrogens is 334 g/mol. The molecule has 0 aliphatic carbocycles. The molecule has 0 saturated carbocycles. The van der Waals surface area contributed by atoms with E-state index in [0.717, 1.165) is 0 Å². The van der Waals surface area contributed by atoms with Crippen LogP contribution in [0, 0.1) is 0 Å². The van der Waals surface area contributed by atoms with Crippen molar-refractivity contribution in [2.45, 2.75) is 26.3 Å². The van der Waals surface area contributed by atoms with Crippen molar-refractivity contribution in [1.29, 1.82) is 0 Å². The summed E-state index contributed by atoms with van der Waals surface area (Å²) in [6, 6.07) is 4.65. The molecule has 1 N–H and O–H groups in total. The average Bonchev–Trinajstić information content (AvgIpc) is 2.37. The predicted octanol–water partition coefficient (Wildman–Crippen LogP) is 3.43. The fraction of sp³-hybridized carbons (Fsp3) is 0.385. The molecule has 1 aromatic carbocycles. The number of aliphatic carboxylic acids is 1. The second kappa shape index (κ2) is 6.91. The summed E-state index contributed by atoms with van der Waals surface area (Å²) in [7, 11) is 0. The molecule has 1 unspecified atom stereocenters. The topological polar surface area (TPSA) is 57.6 Å². The summed E-state index contributed by atoms with van der Waals surface area (Å²) in [5.41, 5.74) is 0.415. The smallest absolute Gasteiger partial charge is 0.323 e. The fourth-order valence-corrected chi connectivity index (χ4v) is 2.09. The van der Waals surface area contributed by atoms with E-state index in [4.69, 9.17) is 16.7 Å². The zero-order valence-electron chi connectivity index (χ0n) is 10.7. The number of halogens is 2. The van der Waals surface area contributed by atoms with Crippen LogP contribution in [0.25, 0.3) is 0 Å². The minimum absolute atomic E-state index is 0.141. The summed E-state index contributed by atoms with van der Waals surface area (Å²) in [5.74, 6) is -1.34. The third-order valence-electron chi connectivity index (χ3n) is 2.86. The number of nitrogens with zero attached hydrogens (tertiary/aromatic N) is 1. The number of carboxylic acid groups (broad SMARTS) is 1. The van der Waals surface area contributed by atoms with Gasteiger partial charge in [0, 0.05) is 16.1 Å². The van der Waals surface area contributed by atoms with Crippen molar-refractivity contribution in [1.82, 2.24) is 4.90 Å². The van der Waals surface area contributed by atoms with Gasteiger partial charge in [-0.25, -0.2) is 0 Å². The molecule has 1 aromatic rings. The molecule has 19 heavy (non-hydrogen) atoms. The Balaban J connectivity index is 3.04. The van der Waals surface area contributed by atoms with Crippen LogP contribution in [0.5, 0.6) is 0 Å². The lowest BCUT2D eigenvalue weighted by Gasteiger charge is -2.27. The molecule has 0 heterocycles.